The smallest absolute Gasteiger partial charge is 0.312 e. The summed E-state index contributed by atoms with van der Waals surface area (Å²) < 4.78 is 5.50. The zero-order valence-corrected chi connectivity index (χ0v) is 19.2. The lowest BCUT2D eigenvalue weighted by atomic mass is 9.98. The number of hydrogen-bond acceptors (Lipinski definition) is 3. The van der Waals surface area contributed by atoms with Gasteiger partial charge in [-0.1, -0.05) is 35.4 Å². The number of carbonyl (C=O) groups is 2. The molecule has 0 radical (unpaired) electrons. The summed E-state index contributed by atoms with van der Waals surface area (Å²) in [6, 6.07) is 12.5. The molecule has 0 aliphatic rings. The Hall–Kier alpha value is -2.82. The van der Waals surface area contributed by atoms with Gasteiger partial charge in [0, 0.05) is 18.6 Å². The summed E-state index contributed by atoms with van der Waals surface area (Å²) in [7, 11) is 1.64. The fourth-order valence-electron chi connectivity index (χ4n) is 3.86. The predicted molar refractivity (Wildman–Crippen MR) is 122 cm³/mol. The summed E-state index contributed by atoms with van der Waals surface area (Å²) in [5, 5.41) is 2.76. The van der Waals surface area contributed by atoms with Gasteiger partial charge in [-0.15, -0.1) is 0 Å². The maximum atomic E-state index is 12.5. The summed E-state index contributed by atoms with van der Waals surface area (Å²) in [6.45, 7) is 12.2. The van der Waals surface area contributed by atoms with Crippen molar-refractivity contribution in [2.24, 2.45) is 0 Å². The average Bonchev–Trinajstić information content (AvgIpc) is 2.66. The third-order valence-electron chi connectivity index (χ3n) is 5.06. The molecular weight excluding hydrogens is 376 g/mol. The molecule has 2 amide bonds. The minimum atomic E-state index is -0.568. The highest BCUT2D eigenvalue weighted by atomic mass is 16.5. The normalized spacial score (nSPS) is 11.0. The second kappa shape index (κ2) is 10.3. The van der Waals surface area contributed by atoms with E-state index < -0.39 is 11.8 Å². The van der Waals surface area contributed by atoms with Gasteiger partial charge >= 0.3 is 11.8 Å². The minimum Gasteiger partial charge on any atom is -0.496 e. The SMILES string of the molecule is COc1ccc(-c2cc(C)cc(C)c2)cc1CCNC(=O)C(=O)N(C(C)C)C(C)C. The molecule has 0 heterocycles. The molecule has 0 saturated heterocycles. The summed E-state index contributed by atoms with van der Waals surface area (Å²) in [4.78, 5) is 26.4. The van der Waals surface area contributed by atoms with Crippen LogP contribution in [0, 0.1) is 13.8 Å². The molecule has 162 valence electrons. The van der Waals surface area contributed by atoms with Crippen molar-refractivity contribution >= 4 is 11.8 Å². The lowest BCUT2D eigenvalue weighted by Gasteiger charge is -2.30. The van der Waals surface area contributed by atoms with E-state index in [0.717, 1.165) is 22.4 Å². The van der Waals surface area contributed by atoms with Gasteiger partial charge in [0.2, 0.25) is 0 Å². The van der Waals surface area contributed by atoms with Crippen molar-refractivity contribution in [2.75, 3.05) is 13.7 Å². The van der Waals surface area contributed by atoms with Gasteiger partial charge in [-0.3, -0.25) is 9.59 Å². The first-order chi connectivity index (χ1) is 14.1. The monoisotopic (exact) mass is 410 g/mol. The Morgan fingerprint density at radius 3 is 2.07 bits per heavy atom. The summed E-state index contributed by atoms with van der Waals surface area (Å²) in [5.74, 6) is -0.285. The number of hydrogen-bond donors (Lipinski definition) is 1. The number of amides is 2. The van der Waals surface area contributed by atoms with Crippen LogP contribution in [0.4, 0.5) is 0 Å². The molecule has 0 aliphatic carbocycles. The van der Waals surface area contributed by atoms with Crippen LogP contribution in [0.5, 0.6) is 5.75 Å². The van der Waals surface area contributed by atoms with Crippen molar-refractivity contribution in [3.05, 3.63) is 53.1 Å². The standard InChI is InChI=1S/C25H34N2O3/c1-16(2)27(17(3)4)25(29)24(28)26-11-10-21-15-20(8-9-23(21)30-7)22-13-18(5)12-19(6)14-22/h8-9,12-17H,10-11H2,1-7H3,(H,26,28). The lowest BCUT2D eigenvalue weighted by Crippen LogP contribution is -2.49. The molecule has 0 spiro atoms. The average molecular weight is 411 g/mol. The van der Waals surface area contributed by atoms with Crippen LogP contribution in [0.2, 0.25) is 0 Å². The molecule has 5 nitrogen and oxygen atoms in total. The number of aryl methyl sites for hydroxylation is 2. The Bertz CT molecular complexity index is 875. The predicted octanol–water partition coefficient (Wildman–Crippen LogP) is 4.28. The highest BCUT2D eigenvalue weighted by Gasteiger charge is 2.26. The van der Waals surface area contributed by atoms with Gasteiger partial charge in [0.1, 0.15) is 5.75 Å². The van der Waals surface area contributed by atoms with E-state index in [-0.39, 0.29) is 12.1 Å². The van der Waals surface area contributed by atoms with E-state index in [4.69, 9.17) is 4.74 Å². The maximum absolute atomic E-state index is 12.5. The maximum Gasteiger partial charge on any atom is 0.312 e. The van der Waals surface area contributed by atoms with Crippen molar-refractivity contribution in [2.45, 2.75) is 60.0 Å². The number of carbonyl (C=O) groups excluding carboxylic acids is 2. The Morgan fingerprint density at radius 1 is 0.933 bits per heavy atom. The van der Waals surface area contributed by atoms with Gasteiger partial charge < -0.3 is 15.0 Å². The molecule has 5 heteroatoms. The van der Waals surface area contributed by atoms with Crippen molar-refractivity contribution in [1.29, 1.82) is 0 Å². The molecule has 0 unspecified atom stereocenters. The van der Waals surface area contributed by atoms with Crippen LogP contribution in [0.1, 0.15) is 44.4 Å². The molecule has 30 heavy (non-hydrogen) atoms. The topological polar surface area (TPSA) is 58.6 Å². The van der Waals surface area contributed by atoms with Crippen molar-refractivity contribution < 1.29 is 14.3 Å². The zero-order chi connectivity index (χ0) is 22.4. The molecule has 2 rings (SSSR count). The number of nitrogens with zero attached hydrogens (tertiary/aromatic N) is 1. The minimum absolute atomic E-state index is 0.0298. The highest BCUT2D eigenvalue weighted by Crippen LogP contribution is 2.28. The van der Waals surface area contributed by atoms with E-state index in [1.807, 2.05) is 39.8 Å². The molecule has 0 fully saturated rings. The van der Waals surface area contributed by atoms with E-state index in [9.17, 15) is 9.59 Å². The molecule has 2 aromatic carbocycles. The fraction of sp³-hybridized carbons (Fsp3) is 0.440. The lowest BCUT2D eigenvalue weighted by molar-refractivity contribution is -0.148. The van der Waals surface area contributed by atoms with Gasteiger partial charge in [0.25, 0.3) is 0 Å². The van der Waals surface area contributed by atoms with Crippen LogP contribution in [-0.2, 0) is 16.0 Å². The highest BCUT2D eigenvalue weighted by molar-refractivity contribution is 6.35. The molecule has 0 atom stereocenters. The zero-order valence-electron chi connectivity index (χ0n) is 19.2. The van der Waals surface area contributed by atoms with Crippen molar-refractivity contribution in [3.63, 3.8) is 0 Å². The third-order valence-corrected chi connectivity index (χ3v) is 5.06. The second-order valence-corrected chi connectivity index (χ2v) is 8.31. The summed E-state index contributed by atoms with van der Waals surface area (Å²) >= 11 is 0. The Labute approximate surface area is 180 Å². The van der Waals surface area contributed by atoms with E-state index in [0.29, 0.717) is 13.0 Å². The molecule has 0 aliphatic heterocycles. The summed E-state index contributed by atoms with van der Waals surface area (Å²) in [6.07, 6.45) is 0.574. The van der Waals surface area contributed by atoms with Gasteiger partial charge in [-0.25, -0.2) is 0 Å². The van der Waals surface area contributed by atoms with Gasteiger partial charge in [-0.05, 0) is 76.8 Å². The number of ether oxygens (including phenoxy) is 1. The van der Waals surface area contributed by atoms with Crippen LogP contribution in [0.3, 0.4) is 0 Å². The second-order valence-electron chi connectivity index (χ2n) is 8.31. The summed E-state index contributed by atoms with van der Waals surface area (Å²) in [5.41, 5.74) is 5.68. The first-order valence-corrected chi connectivity index (χ1v) is 10.5. The fourth-order valence-corrected chi connectivity index (χ4v) is 3.86. The van der Waals surface area contributed by atoms with Gasteiger partial charge in [0.15, 0.2) is 0 Å². The first kappa shape index (κ1) is 23.5. The van der Waals surface area contributed by atoms with Crippen LogP contribution >= 0.6 is 0 Å². The number of rotatable bonds is 7. The Morgan fingerprint density at radius 2 is 1.53 bits per heavy atom. The number of benzene rings is 2. The van der Waals surface area contributed by atoms with E-state index >= 15 is 0 Å². The van der Waals surface area contributed by atoms with Crippen molar-refractivity contribution in [1.82, 2.24) is 10.2 Å². The van der Waals surface area contributed by atoms with Crippen LogP contribution in [0.15, 0.2) is 36.4 Å². The number of methoxy groups -OCH3 is 1. The Balaban J connectivity index is 2.12. The van der Waals surface area contributed by atoms with Crippen LogP contribution in [-0.4, -0.2) is 42.5 Å². The quantitative estimate of drug-likeness (QED) is 0.693. The first-order valence-electron chi connectivity index (χ1n) is 10.5. The molecule has 0 aromatic heterocycles. The van der Waals surface area contributed by atoms with E-state index in [2.05, 4.69) is 43.4 Å². The molecule has 2 aromatic rings. The molecule has 0 bridgehead atoms. The molecular formula is C25H34N2O3. The Kier molecular flexibility index (Phi) is 8.04. The van der Waals surface area contributed by atoms with Gasteiger partial charge in [-0.2, -0.15) is 0 Å². The molecule has 1 N–H and O–H groups in total. The molecule has 0 saturated carbocycles. The number of nitrogens with one attached hydrogen (secondary N) is 1. The van der Waals surface area contributed by atoms with Crippen LogP contribution in [0.25, 0.3) is 11.1 Å². The van der Waals surface area contributed by atoms with E-state index in [1.54, 1.807) is 12.0 Å². The largest absolute Gasteiger partial charge is 0.496 e. The third kappa shape index (κ3) is 5.85. The van der Waals surface area contributed by atoms with Crippen molar-refractivity contribution in [3.8, 4) is 16.9 Å². The van der Waals surface area contributed by atoms with Crippen LogP contribution < -0.4 is 10.1 Å². The van der Waals surface area contributed by atoms with Gasteiger partial charge in [0.05, 0.1) is 7.11 Å². The van der Waals surface area contributed by atoms with E-state index in [1.165, 1.54) is 11.1 Å².